The van der Waals surface area contributed by atoms with Crippen molar-refractivity contribution >= 4 is 5.69 Å². The van der Waals surface area contributed by atoms with E-state index in [9.17, 15) is 10.1 Å². The third kappa shape index (κ3) is 3.80. The fourth-order valence-electron chi connectivity index (χ4n) is 1.91. The summed E-state index contributed by atoms with van der Waals surface area (Å²) in [5.74, 6) is 0.487. The molecule has 0 unspecified atom stereocenters. The van der Waals surface area contributed by atoms with Crippen LogP contribution in [0.1, 0.15) is 16.7 Å². The lowest BCUT2D eigenvalue weighted by Crippen LogP contribution is -2.02. The summed E-state index contributed by atoms with van der Waals surface area (Å²) >= 11 is 0. The topological polar surface area (TPSA) is 76.2 Å². The van der Waals surface area contributed by atoms with Gasteiger partial charge in [0, 0.05) is 12.0 Å². The fourth-order valence-corrected chi connectivity index (χ4v) is 1.91. The number of nitriles is 1. The second-order valence-electron chi connectivity index (χ2n) is 4.61. The zero-order valence-electron chi connectivity index (χ0n) is 11.6. The molecule has 2 aromatic carbocycles. The first kappa shape index (κ1) is 14.5. The number of rotatable bonds is 5. The Kier molecular flexibility index (Phi) is 4.52. The highest BCUT2D eigenvalue weighted by Gasteiger charge is 2.11. The number of aryl methyl sites for hydroxylation is 1. The molecule has 0 amide bonds. The van der Waals surface area contributed by atoms with Crippen molar-refractivity contribution in [3.05, 3.63) is 69.3 Å². The molecular weight excluding hydrogens is 268 g/mol. The molecule has 0 aliphatic rings. The van der Waals surface area contributed by atoms with Crippen LogP contribution in [0.3, 0.4) is 0 Å². The van der Waals surface area contributed by atoms with Crippen molar-refractivity contribution in [2.45, 2.75) is 13.3 Å². The molecule has 106 valence electrons. The summed E-state index contributed by atoms with van der Waals surface area (Å²) in [6, 6.07) is 14.2. The average molecular weight is 282 g/mol. The normalized spacial score (nSPS) is 9.90. The molecule has 0 heterocycles. The first-order valence-electron chi connectivity index (χ1n) is 6.47. The first-order valence-corrected chi connectivity index (χ1v) is 6.47. The lowest BCUT2D eigenvalue weighted by Gasteiger charge is -2.07. The maximum atomic E-state index is 10.9. The Bertz CT molecular complexity index is 688. The molecule has 2 rings (SSSR count). The first-order chi connectivity index (χ1) is 10.1. The summed E-state index contributed by atoms with van der Waals surface area (Å²) < 4.78 is 5.54. The molecule has 0 fully saturated rings. The Morgan fingerprint density at radius 1 is 1.24 bits per heavy atom. The zero-order valence-corrected chi connectivity index (χ0v) is 11.6. The largest absolute Gasteiger partial charge is 0.493 e. The standard InChI is InChI=1S/C16H14N2O3/c1-12-2-7-15(10-16(12)18(19)20)21-9-8-13-3-5-14(11-17)6-4-13/h2-7,10H,8-9H2,1H3. The monoisotopic (exact) mass is 282 g/mol. The van der Waals surface area contributed by atoms with Crippen molar-refractivity contribution in [2.24, 2.45) is 0 Å². The van der Waals surface area contributed by atoms with Crippen LogP contribution in [-0.4, -0.2) is 11.5 Å². The number of hydrogen-bond acceptors (Lipinski definition) is 4. The summed E-state index contributed by atoms with van der Waals surface area (Å²) in [7, 11) is 0. The van der Waals surface area contributed by atoms with E-state index in [0.717, 1.165) is 5.56 Å². The molecule has 21 heavy (non-hydrogen) atoms. The van der Waals surface area contributed by atoms with Gasteiger partial charge in [0.15, 0.2) is 0 Å². The lowest BCUT2D eigenvalue weighted by atomic mass is 10.1. The van der Waals surface area contributed by atoms with Crippen molar-refractivity contribution in [3.8, 4) is 11.8 Å². The molecule has 0 aromatic heterocycles. The summed E-state index contributed by atoms with van der Waals surface area (Å²) in [6.45, 7) is 2.12. The van der Waals surface area contributed by atoms with Gasteiger partial charge in [-0.3, -0.25) is 10.1 Å². The van der Waals surface area contributed by atoms with Gasteiger partial charge in [0.05, 0.1) is 29.2 Å². The highest BCUT2D eigenvalue weighted by atomic mass is 16.6. The molecule has 0 aliphatic heterocycles. The second kappa shape index (κ2) is 6.53. The minimum Gasteiger partial charge on any atom is -0.493 e. The number of ether oxygens (including phenoxy) is 1. The third-order valence-corrected chi connectivity index (χ3v) is 3.12. The van der Waals surface area contributed by atoms with Crippen LogP contribution in [0.15, 0.2) is 42.5 Å². The van der Waals surface area contributed by atoms with E-state index in [-0.39, 0.29) is 5.69 Å². The number of benzene rings is 2. The van der Waals surface area contributed by atoms with Crippen LogP contribution in [0.25, 0.3) is 0 Å². The number of nitrogens with zero attached hydrogens (tertiary/aromatic N) is 2. The second-order valence-corrected chi connectivity index (χ2v) is 4.61. The highest BCUT2D eigenvalue weighted by molar-refractivity contribution is 5.45. The van der Waals surface area contributed by atoms with E-state index in [1.54, 1.807) is 31.2 Å². The molecule has 0 radical (unpaired) electrons. The summed E-state index contributed by atoms with van der Waals surface area (Å²) in [6.07, 6.45) is 0.674. The maximum Gasteiger partial charge on any atom is 0.275 e. The predicted octanol–water partition coefficient (Wildman–Crippen LogP) is 3.40. The summed E-state index contributed by atoms with van der Waals surface area (Å²) in [4.78, 5) is 10.4. The quantitative estimate of drug-likeness (QED) is 0.622. The van der Waals surface area contributed by atoms with E-state index in [1.807, 2.05) is 12.1 Å². The maximum absolute atomic E-state index is 10.9. The van der Waals surface area contributed by atoms with Crippen LogP contribution < -0.4 is 4.74 Å². The van der Waals surface area contributed by atoms with Crippen molar-refractivity contribution < 1.29 is 9.66 Å². The number of nitro benzene ring substituents is 1. The van der Waals surface area contributed by atoms with E-state index in [0.29, 0.717) is 29.9 Å². The van der Waals surface area contributed by atoms with Crippen LogP contribution in [0.5, 0.6) is 5.75 Å². The van der Waals surface area contributed by atoms with E-state index < -0.39 is 4.92 Å². The van der Waals surface area contributed by atoms with Crippen molar-refractivity contribution in [3.63, 3.8) is 0 Å². The molecule has 0 N–H and O–H groups in total. The number of nitro groups is 1. The van der Waals surface area contributed by atoms with Gasteiger partial charge in [-0.25, -0.2) is 0 Å². The highest BCUT2D eigenvalue weighted by Crippen LogP contribution is 2.23. The third-order valence-electron chi connectivity index (χ3n) is 3.12. The van der Waals surface area contributed by atoms with Gasteiger partial charge in [-0.05, 0) is 36.8 Å². The molecule has 0 saturated carbocycles. The average Bonchev–Trinajstić information content (AvgIpc) is 2.49. The Balaban J connectivity index is 1.95. The van der Waals surface area contributed by atoms with Crippen LogP contribution >= 0.6 is 0 Å². The Hall–Kier alpha value is -2.87. The van der Waals surface area contributed by atoms with Crippen LogP contribution in [-0.2, 0) is 6.42 Å². The number of hydrogen-bond donors (Lipinski definition) is 0. The molecule has 0 aliphatic carbocycles. The van der Waals surface area contributed by atoms with Gasteiger partial charge in [0.25, 0.3) is 5.69 Å². The Labute approximate surface area is 122 Å². The molecule has 0 spiro atoms. The zero-order chi connectivity index (χ0) is 15.2. The van der Waals surface area contributed by atoms with E-state index >= 15 is 0 Å². The van der Waals surface area contributed by atoms with Gasteiger partial charge in [-0.15, -0.1) is 0 Å². The lowest BCUT2D eigenvalue weighted by molar-refractivity contribution is -0.385. The molecule has 5 heteroatoms. The van der Waals surface area contributed by atoms with Gasteiger partial charge in [-0.1, -0.05) is 12.1 Å². The van der Waals surface area contributed by atoms with Gasteiger partial charge in [0.1, 0.15) is 5.75 Å². The minimum atomic E-state index is -0.414. The smallest absolute Gasteiger partial charge is 0.275 e. The van der Waals surface area contributed by atoms with Crippen molar-refractivity contribution in [2.75, 3.05) is 6.61 Å². The van der Waals surface area contributed by atoms with Crippen LogP contribution in [0, 0.1) is 28.4 Å². The Morgan fingerprint density at radius 2 is 1.95 bits per heavy atom. The van der Waals surface area contributed by atoms with E-state index in [4.69, 9.17) is 10.00 Å². The summed E-state index contributed by atoms with van der Waals surface area (Å²) in [5, 5.41) is 19.6. The fraction of sp³-hybridized carbons (Fsp3) is 0.188. The summed E-state index contributed by atoms with van der Waals surface area (Å²) in [5.41, 5.74) is 2.34. The van der Waals surface area contributed by atoms with E-state index in [2.05, 4.69) is 6.07 Å². The molecule has 0 saturated heterocycles. The predicted molar refractivity (Wildman–Crippen MR) is 78.2 cm³/mol. The minimum absolute atomic E-state index is 0.0610. The van der Waals surface area contributed by atoms with Crippen LogP contribution in [0.4, 0.5) is 5.69 Å². The van der Waals surface area contributed by atoms with Gasteiger partial charge in [-0.2, -0.15) is 5.26 Å². The Morgan fingerprint density at radius 3 is 2.57 bits per heavy atom. The van der Waals surface area contributed by atoms with Gasteiger partial charge in [0.2, 0.25) is 0 Å². The van der Waals surface area contributed by atoms with Crippen molar-refractivity contribution in [1.82, 2.24) is 0 Å². The van der Waals surface area contributed by atoms with Crippen LogP contribution in [0.2, 0.25) is 0 Å². The molecule has 5 nitrogen and oxygen atoms in total. The van der Waals surface area contributed by atoms with Gasteiger partial charge < -0.3 is 4.74 Å². The SMILES string of the molecule is Cc1ccc(OCCc2ccc(C#N)cc2)cc1[N+](=O)[O-]. The molecular formula is C16H14N2O3. The molecule has 2 aromatic rings. The van der Waals surface area contributed by atoms with Crippen molar-refractivity contribution in [1.29, 1.82) is 5.26 Å². The van der Waals surface area contributed by atoms with E-state index in [1.165, 1.54) is 6.07 Å². The molecule has 0 bridgehead atoms. The molecule has 0 atom stereocenters. The van der Waals surface area contributed by atoms with Gasteiger partial charge >= 0.3 is 0 Å².